The van der Waals surface area contributed by atoms with E-state index in [9.17, 15) is 0 Å². The van der Waals surface area contributed by atoms with Crippen LogP contribution in [0.3, 0.4) is 0 Å². The van der Waals surface area contributed by atoms with Gasteiger partial charge < -0.3 is 0 Å². The highest BCUT2D eigenvalue weighted by molar-refractivity contribution is 5.06. The standard InChI is InChI=1S/C7H10N2/c1-6-2-3-7(4-8)9-5-6/h7,9H,1-3,5H2/t7-/m0/s1. The second-order valence-electron chi connectivity index (χ2n) is 2.35. The number of hydrogen-bond acceptors (Lipinski definition) is 2. The van der Waals surface area contributed by atoms with Crippen LogP contribution in [0.1, 0.15) is 12.8 Å². The van der Waals surface area contributed by atoms with E-state index >= 15 is 0 Å². The van der Waals surface area contributed by atoms with Gasteiger partial charge in [0.15, 0.2) is 0 Å². The maximum Gasteiger partial charge on any atom is 0.0958 e. The smallest absolute Gasteiger partial charge is 0.0958 e. The molecule has 2 heteroatoms. The molecule has 0 aliphatic carbocycles. The normalized spacial score (nSPS) is 27.4. The lowest BCUT2D eigenvalue weighted by molar-refractivity contribution is 0.534. The lowest BCUT2D eigenvalue weighted by Gasteiger charge is -2.18. The van der Waals surface area contributed by atoms with Crippen LogP contribution in [0, 0.1) is 11.3 Å². The minimum Gasteiger partial charge on any atom is -0.298 e. The van der Waals surface area contributed by atoms with Crippen LogP contribution in [0.4, 0.5) is 0 Å². The monoisotopic (exact) mass is 122 g/mol. The first-order chi connectivity index (χ1) is 4.33. The molecule has 0 saturated carbocycles. The Morgan fingerprint density at radius 1 is 1.78 bits per heavy atom. The van der Waals surface area contributed by atoms with Gasteiger partial charge in [-0.2, -0.15) is 5.26 Å². The van der Waals surface area contributed by atoms with Gasteiger partial charge in [0.2, 0.25) is 0 Å². The van der Waals surface area contributed by atoms with Gasteiger partial charge in [0, 0.05) is 6.54 Å². The summed E-state index contributed by atoms with van der Waals surface area (Å²) >= 11 is 0. The molecule has 9 heavy (non-hydrogen) atoms. The molecule has 0 radical (unpaired) electrons. The third-order valence-electron chi connectivity index (χ3n) is 1.54. The molecule has 0 spiro atoms. The lowest BCUT2D eigenvalue weighted by Crippen LogP contribution is -2.33. The van der Waals surface area contributed by atoms with Crippen molar-refractivity contribution >= 4 is 0 Å². The Kier molecular flexibility index (Phi) is 1.86. The minimum absolute atomic E-state index is 0.0653. The van der Waals surface area contributed by atoms with Crippen LogP contribution in [-0.4, -0.2) is 12.6 Å². The van der Waals surface area contributed by atoms with Gasteiger partial charge in [0.05, 0.1) is 12.1 Å². The zero-order chi connectivity index (χ0) is 6.69. The molecule has 48 valence electrons. The highest BCUT2D eigenvalue weighted by Crippen LogP contribution is 2.09. The van der Waals surface area contributed by atoms with Crippen molar-refractivity contribution in [2.75, 3.05) is 6.54 Å². The molecule has 1 rings (SSSR count). The van der Waals surface area contributed by atoms with Crippen molar-refractivity contribution in [1.29, 1.82) is 5.26 Å². The molecule has 1 atom stereocenters. The van der Waals surface area contributed by atoms with E-state index in [0.717, 1.165) is 19.4 Å². The highest BCUT2D eigenvalue weighted by Gasteiger charge is 2.12. The Morgan fingerprint density at radius 2 is 2.56 bits per heavy atom. The molecule has 1 saturated heterocycles. The SMILES string of the molecule is C=C1CC[C@@H](C#N)NC1. The third kappa shape index (κ3) is 1.55. The molecule has 1 N–H and O–H groups in total. The molecule has 1 aliphatic rings. The maximum absolute atomic E-state index is 8.44. The Bertz CT molecular complexity index is 145. The zero-order valence-electron chi connectivity index (χ0n) is 5.35. The predicted molar refractivity (Wildman–Crippen MR) is 35.8 cm³/mol. The quantitative estimate of drug-likeness (QED) is 0.483. The fourth-order valence-electron chi connectivity index (χ4n) is 0.917. The Morgan fingerprint density at radius 3 is 3.00 bits per heavy atom. The van der Waals surface area contributed by atoms with Crippen molar-refractivity contribution in [3.63, 3.8) is 0 Å². The number of nitrogens with zero attached hydrogens (tertiary/aromatic N) is 1. The van der Waals surface area contributed by atoms with Gasteiger partial charge in [-0.1, -0.05) is 12.2 Å². The van der Waals surface area contributed by atoms with E-state index in [1.165, 1.54) is 5.57 Å². The fraction of sp³-hybridized carbons (Fsp3) is 0.571. The summed E-state index contributed by atoms with van der Waals surface area (Å²) in [4.78, 5) is 0. The van der Waals surface area contributed by atoms with Gasteiger partial charge in [-0.05, 0) is 12.8 Å². The van der Waals surface area contributed by atoms with Crippen LogP contribution in [-0.2, 0) is 0 Å². The molecule has 1 heterocycles. The Hall–Kier alpha value is -0.810. The first-order valence-electron chi connectivity index (χ1n) is 3.12. The maximum atomic E-state index is 8.44. The topological polar surface area (TPSA) is 35.8 Å². The van der Waals surface area contributed by atoms with Crippen LogP contribution in [0.15, 0.2) is 12.2 Å². The Labute approximate surface area is 55.2 Å². The van der Waals surface area contributed by atoms with Crippen molar-refractivity contribution in [1.82, 2.24) is 5.32 Å². The first kappa shape index (κ1) is 6.31. The van der Waals surface area contributed by atoms with E-state index in [4.69, 9.17) is 5.26 Å². The largest absolute Gasteiger partial charge is 0.298 e. The summed E-state index contributed by atoms with van der Waals surface area (Å²) in [6, 6.07) is 2.24. The second kappa shape index (κ2) is 2.65. The molecule has 0 bridgehead atoms. The van der Waals surface area contributed by atoms with Crippen LogP contribution in [0.2, 0.25) is 0 Å². The summed E-state index contributed by atoms with van der Waals surface area (Å²) < 4.78 is 0. The van der Waals surface area contributed by atoms with Crippen LogP contribution in [0.5, 0.6) is 0 Å². The van der Waals surface area contributed by atoms with Crippen molar-refractivity contribution in [2.24, 2.45) is 0 Å². The predicted octanol–water partition coefficient (Wildman–Crippen LogP) is 0.818. The minimum atomic E-state index is 0.0653. The van der Waals surface area contributed by atoms with E-state index in [1.54, 1.807) is 0 Å². The molecular weight excluding hydrogens is 112 g/mol. The lowest BCUT2D eigenvalue weighted by atomic mass is 10.0. The van der Waals surface area contributed by atoms with E-state index in [0.29, 0.717) is 0 Å². The van der Waals surface area contributed by atoms with Gasteiger partial charge in [-0.15, -0.1) is 0 Å². The molecule has 1 fully saturated rings. The number of piperidine rings is 1. The first-order valence-corrected chi connectivity index (χ1v) is 3.12. The molecule has 1 aliphatic heterocycles. The molecule has 0 aromatic heterocycles. The highest BCUT2D eigenvalue weighted by atomic mass is 14.9. The summed E-state index contributed by atoms with van der Waals surface area (Å²) in [6.07, 6.45) is 1.93. The van der Waals surface area contributed by atoms with Crippen molar-refractivity contribution in [2.45, 2.75) is 18.9 Å². The van der Waals surface area contributed by atoms with Gasteiger partial charge in [-0.25, -0.2) is 0 Å². The van der Waals surface area contributed by atoms with Gasteiger partial charge >= 0.3 is 0 Å². The van der Waals surface area contributed by atoms with E-state index in [1.807, 2.05) is 0 Å². The van der Waals surface area contributed by atoms with Gasteiger partial charge in [-0.3, -0.25) is 5.32 Å². The molecular formula is C7H10N2. The fourth-order valence-corrected chi connectivity index (χ4v) is 0.917. The van der Waals surface area contributed by atoms with Crippen molar-refractivity contribution < 1.29 is 0 Å². The van der Waals surface area contributed by atoms with E-state index in [-0.39, 0.29) is 6.04 Å². The summed E-state index contributed by atoms with van der Waals surface area (Å²) in [5.41, 5.74) is 1.21. The number of nitriles is 1. The molecule has 0 amide bonds. The van der Waals surface area contributed by atoms with Crippen LogP contribution >= 0.6 is 0 Å². The molecule has 0 aromatic carbocycles. The van der Waals surface area contributed by atoms with Gasteiger partial charge in [0.1, 0.15) is 0 Å². The van der Waals surface area contributed by atoms with E-state index < -0.39 is 0 Å². The number of nitrogens with one attached hydrogen (secondary N) is 1. The Balaban J connectivity index is 2.37. The van der Waals surface area contributed by atoms with Crippen LogP contribution < -0.4 is 5.32 Å². The zero-order valence-corrected chi connectivity index (χ0v) is 5.35. The summed E-state index contributed by atoms with van der Waals surface area (Å²) in [6.45, 7) is 4.63. The molecule has 0 aromatic rings. The second-order valence-corrected chi connectivity index (χ2v) is 2.35. The molecule has 0 unspecified atom stereocenters. The van der Waals surface area contributed by atoms with Gasteiger partial charge in [0.25, 0.3) is 0 Å². The number of rotatable bonds is 0. The van der Waals surface area contributed by atoms with Crippen molar-refractivity contribution in [3.05, 3.63) is 12.2 Å². The average molecular weight is 122 g/mol. The summed E-state index contributed by atoms with van der Waals surface area (Å²) in [5, 5.41) is 11.5. The summed E-state index contributed by atoms with van der Waals surface area (Å²) in [5.74, 6) is 0. The number of hydrogen-bond donors (Lipinski definition) is 1. The average Bonchev–Trinajstić information content (AvgIpc) is 1.90. The molecule has 2 nitrogen and oxygen atoms in total. The van der Waals surface area contributed by atoms with Crippen LogP contribution in [0.25, 0.3) is 0 Å². The summed E-state index contributed by atoms with van der Waals surface area (Å²) in [7, 11) is 0. The van der Waals surface area contributed by atoms with Crippen molar-refractivity contribution in [3.8, 4) is 6.07 Å². The van der Waals surface area contributed by atoms with E-state index in [2.05, 4.69) is 18.0 Å². The third-order valence-corrected chi connectivity index (χ3v) is 1.54.